The van der Waals surface area contributed by atoms with Gasteiger partial charge in [0.2, 0.25) is 5.91 Å². The molecule has 2 N–H and O–H groups in total. The van der Waals surface area contributed by atoms with Crippen molar-refractivity contribution in [2.45, 2.75) is 33.1 Å². The largest absolute Gasteiger partial charge is 0.481 e. The van der Waals surface area contributed by atoms with E-state index >= 15 is 0 Å². The predicted molar refractivity (Wildman–Crippen MR) is 80.0 cm³/mol. The van der Waals surface area contributed by atoms with Crippen LogP contribution in [0.3, 0.4) is 0 Å². The Kier molecular flexibility index (Phi) is 7.94. The minimum absolute atomic E-state index is 0.00340. The third-order valence-electron chi connectivity index (χ3n) is 2.96. The van der Waals surface area contributed by atoms with Gasteiger partial charge in [-0.3, -0.25) is 14.9 Å². The molecule has 0 aliphatic carbocycles. The van der Waals surface area contributed by atoms with Crippen LogP contribution in [0.2, 0.25) is 0 Å². The van der Waals surface area contributed by atoms with Crippen LogP contribution in [0, 0.1) is 5.41 Å². The van der Waals surface area contributed by atoms with Crippen molar-refractivity contribution in [2.24, 2.45) is 5.41 Å². The molecule has 0 atom stereocenters. The number of hydrogen-bond donors (Lipinski definition) is 2. The van der Waals surface area contributed by atoms with Crippen LogP contribution in [0.5, 0.6) is 0 Å². The molecule has 0 radical (unpaired) electrons. The first-order valence-corrected chi connectivity index (χ1v) is 6.95. The summed E-state index contributed by atoms with van der Waals surface area (Å²) in [6.07, 6.45) is 0.694. The highest BCUT2D eigenvalue weighted by atomic mass is 16.4. The fourth-order valence-corrected chi connectivity index (χ4v) is 1.89. The Morgan fingerprint density at radius 1 is 1.05 bits per heavy atom. The van der Waals surface area contributed by atoms with Gasteiger partial charge in [-0.05, 0) is 32.5 Å². The van der Waals surface area contributed by atoms with Gasteiger partial charge in [0.15, 0.2) is 0 Å². The smallest absolute Gasteiger partial charge is 0.323 e. The summed E-state index contributed by atoms with van der Waals surface area (Å²) in [4.78, 5) is 37.7. The highest BCUT2D eigenvalue weighted by Gasteiger charge is 2.26. The van der Waals surface area contributed by atoms with Crippen LogP contribution in [0.1, 0.15) is 33.1 Å². The van der Waals surface area contributed by atoms with Gasteiger partial charge in [-0.25, -0.2) is 4.79 Å². The van der Waals surface area contributed by atoms with Crippen LogP contribution < -0.4 is 5.32 Å². The van der Waals surface area contributed by atoms with E-state index in [1.54, 1.807) is 20.9 Å². The van der Waals surface area contributed by atoms with E-state index in [-0.39, 0.29) is 12.8 Å². The summed E-state index contributed by atoms with van der Waals surface area (Å²) in [6, 6.07) is -0.454. The lowest BCUT2D eigenvalue weighted by molar-refractivity contribution is -0.139. The second kappa shape index (κ2) is 8.61. The number of nitrogens with one attached hydrogen (secondary N) is 1. The molecule has 21 heavy (non-hydrogen) atoms. The first-order chi connectivity index (χ1) is 9.53. The van der Waals surface area contributed by atoms with Crippen molar-refractivity contribution in [1.29, 1.82) is 0 Å². The summed E-state index contributed by atoms with van der Waals surface area (Å²) in [6.45, 7) is 4.78. The lowest BCUT2D eigenvalue weighted by Gasteiger charge is -2.23. The number of nitrogens with zero attached hydrogens (tertiary/aromatic N) is 2. The maximum atomic E-state index is 11.8. The molecule has 122 valence electrons. The monoisotopic (exact) mass is 301 g/mol. The maximum Gasteiger partial charge on any atom is 0.323 e. The van der Waals surface area contributed by atoms with Crippen molar-refractivity contribution >= 4 is 17.9 Å². The molecule has 0 saturated heterocycles. The van der Waals surface area contributed by atoms with Crippen molar-refractivity contribution in [2.75, 3.05) is 34.2 Å². The van der Waals surface area contributed by atoms with Crippen LogP contribution in [-0.2, 0) is 9.59 Å². The molecule has 7 nitrogen and oxygen atoms in total. The van der Waals surface area contributed by atoms with Crippen molar-refractivity contribution in [1.82, 2.24) is 15.1 Å². The lowest BCUT2D eigenvalue weighted by atomic mass is 9.85. The second-order valence-electron chi connectivity index (χ2n) is 6.34. The molecular formula is C14H27N3O4. The van der Waals surface area contributed by atoms with Crippen molar-refractivity contribution < 1.29 is 19.5 Å². The summed E-state index contributed by atoms with van der Waals surface area (Å²) < 4.78 is 0. The molecule has 0 aliphatic heterocycles. The number of carboxylic acids is 1. The number of rotatable bonds is 8. The van der Waals surface area contributed by atoms with Gasteiger partial charge in [0.25, 0.3) is 0 Å². The Bertz CT molecular complexity index is 380. The average molecular weight is 301 g/mol. The zero-order valence-electron chi connectivity index (χ0n) is 13.6. The minimum atomic E-state index is -0.958. The number of hydrogen-bond acceptors (Lipinski definition) is 4. The van der Waals surface area contributed by atoms with Crippen LogP contribution in [-0.4, -0.2) is 67.0 Å². The lowest BCUT2D eigenvalue weighted by Crippen LogP contribution is -2.43. The molecule has 3 amide bonds. The van der Waals surface area contributed by atoms with Gasteiger partial charge in [-0.15, -0.1) is 0 Å². The fraction of sp³-hybridized carbons (Fsp3) is 0.786. The van der Waals surface area contributed by atoms with Crippen molar-refractivity contribution in [3.8, 4) is 0 Å². The van der Waals surface area contributed by atoms with Crippen LogP contribution in [0.25, 0.3) is 0 Å². The first-order valence-electron chi connectivity index (χ1n) is 6.95. The van der Waals surface area contributed by atoms with E-state index in [4.69, 9.17) is 5.11 Å². The van der Waals surface area contributed by atoms with Crippen LogP contribution in [0.15, 0.2) is 0 Å². The average Bonchev–Trinajstić information content (AvgIpc) is 2.24. The Morgan fingerprint density at radius 2 is 1.62 bits per heavy atom. The third kappa shape index (κ3) is 9.84. The zero-order valence-corrected chi connectivity index (χ0v) is 13.6. The molecule has 0 fully saturated rings. The number of carboxylic acid groups (broad SMARTS) is 1. The van der Waals surface area contributed by atoms with E-state index in [1.165, 1.54) is 4.90 Å². The molecular weight excluding hydrogens is 274 g/mol. The van der Waals surface area contributed by atoms with E-state index in [0.717, 1.165) is 13.0 Å². The molecule has 0 saturated carbocycles. The molecule has 0 aromatic carbocycles. The summed E-state index contributed by atoms with van der Waals surface area (Å²) in [5.41, 5.74) is -0.681. The van der Waals surface area contributed by atoms with Crippen LogP contribution >= 0.6 is 0 Å². The fourth-order valence-electron chi connectivity index (χ4n) is 1.89. The summed E-state index contributed by atoms with van der Waals surface area (Å²) in [5, 5.41) is 11.1. The standard InChI is InChI=1S/C14H27N3O4/c1-14(2,10-12(19)20)9-11(18)15-13(21)17(5)8-6-7-16(3)4/h6-10H2,1-5H3,(H,19,20)(H,15,18,21). The highest BCUT2D eigenvalue weighted by molar-refractivity contribution is 5.94. The van der Waals surface area contributed by atoms with Gasteiger partial charge in [0.1, 0.15) is 0 Å². The quantitative estimate of drug-likeness (QED) is 0.698. The van der Waals surface area contributed by atoms with Crippen molar-refractivity contribution in [3.63, 3.8) is 0 Å². The minimum Gasteiger partial charge on any atom is -0.481 e. The van der Waals surface area contributed by atoms with E-state index in [9.17, 15) is 14.4 Å². The van der Waals surface area contributed by atoms with Gasteiger partial charge in [-0.2, -0.15) is 0 Å². The maximum absolute atomic E-state index is 11.8. The summed E-state index contributed by atoms with van der Waals surface area (Å²) in [7, 11) is 5.53. The second-order valence-corrected chi connectivity index (χ2v) is 6.34. The van der Waals surface area contributed by atoms with E-state index < -0.39 is 23.3 Å². The molecule has 0 aliphatic rings. The molecule has 0 rings (SSSR count). The molecule has 7 heteroatoms. The number of urea groups is 1. The molecule has 0 unspecified atom stereocenters. The number of amides is 3. The number of carbonyl (C=O) groups excluding carboxylic acids is 2. The Hall–Kier alpha value is -1.63. The molecule has 0 aromatic heterocycles. The Balaban J connectivity index is 4.19. The molecule has 0 spiro atoms. The molecule has 0 bridgehead atoms. The zero-order chi connectivity index (χ0) is 16.6. The Morgan fingerprint density at radius 3 is 2.10 bits per heavy atom. The van der Waals surface area contributed by atoms with Crippen LogP contribution in [0.4, 0.5) is 4.79 Å². The normalized spacial score (nSPS) is 11.3. The van der Waals surface area contributed by atoms with Gasteiger partial charge in [0.05, 0.1) is 6.42 Å². The van der Waals surface area contributed by atoms with Gasteiger partial charge >= 0.3 is 12.0 Å². The summed E-state index contributed by atoms with van der Waals surface area (Å²) >= 11 is 0. The van der Waals surface area contributed by atoms with Gasteiger partial charge in [0, 0.05) is 20.0 Å². The van der Waals surface area contributed by atoms with Crippen molar-refractivity contribution in [3.05, 3.63) is 0 Å². The van der Waals surface area contributed by atoms with Gasteiger partial charge in [-0.1, -0.05) is 13.8 Å². The molecule has 0 heterocycles. The number of aliphatic carboxylic acids is 1. The number of carbonyl (C=O) groups is 3. The Labute approximate surface area is 126 Å². The third-order valence-corrected chi connectivity index (χ3v) is 2.96. The van der Waals surface area contributed by atoms with E-state index in [0.29, 0.717) is 6.54 Å². The number of imide groups is 1. The van der Waals surface area contributed by atoms with Gasteiger partial charge < -0.3 is 14.9 Å². The first kappa shape index (κ1) is 19.4. The molecule has 0 aromatic rings. The predicted octanol–water partition coefficient (Wildman–Crippen LogP) is 0.997. The highest BCUT2D eigenvalue weighted by Crippen LogP contribution is 2.24. The van der Waals surface area contributed by atoms with E-state index in [1.807, 2.05) is 19.0 Å². The van der Waals surface area contributed by atoms with E-state index in [2.05, 4.69) is 5.32 Å². The SMILES string of the molecule is CN(C)CCCN(C)C(=O)NC(=O)CC(C)(C)CC(=O)O. The topological polar surface area (TPSA) is 90.0 Å². The summed E-state index contributed by atoms with van der Waals surface area (Å²) in [5.74, 6) is -1.41.